The Bertz CT molecular complexity index is 154. The normalized spacial score (nSPS) is 17.6. The lowest BCUT2D eigenvalue weighted by Gasteiger charge is -2.17. The summed E-state index contributed by atoms with van der Waals surface area (Å²) in [6, 6.07) is 0. The molecular formula is C5H7F3O3. The Balaban J connectivity index is 4.25. The lowest BCUT2D eigenvalue weighted by Crippen LogP contribution is -2.43. The fraction of sp³-hybridized carbons (Fsp3) is 0.800. The molecule has 66 valence electrons. The minimum atomic E-state index is -4.95. The van der Waals surface area contributed by atoms with Gasteiger partial charge in [-0.15, -0.1) is 0 Å². The second kappa shape index (κ2) is 3.19. The van der Waals surface area contributed by atoms with E-state index in [9.17, 15) is 18.0 Å². The molecule has 2 N–H and O–H groups in total. The van der Waals surface area contributed by atoms with Gasteiger partial charge in [-0.1, -0.05) is 0 Å². The van der Waals surface area contributed by atoms with Gasteiger partial charge in [0.25, 0.3) is 0 Å². The average Bonchev–Trinajstić information content (AvgIpc) is 1.82. The number of halogens is 3. The Morgan fingerprint density at radius 3 is 1.82 bits per heavy atom. The molecular weight excluding hydrogens is 165 g/mol. The zero-order valence-electron chi connectivity index (χ0n) is 5.59. The van der Waals surface area contributed by atoms with Gasteiger partial charge in [0, 0.05) is 0 Å². The summed E-state index contributed by atoms with van der Waals surface area (Å²) in [4.78, 5) is 10.1. The van der Waals surface area contributed by atoms with Crippen LogP contribution in [0, 0.1) is 0 Å². The van der Waals surface area contributed by atoms with E-state index in [-0.39, 0.29) is 0 Å². The van der Waals surface area contributed by atoms with Crippen LogP contribution in [0.15, 0.2) is 0 Å². The van der Waals surface area contributed by atoms with Crippen LogP contribution in [0.1, 0.15) is 6.92 Å². The lowest BCUT2D eigenvalue weighted by atomic mass is 10.1. The Labute approximate surface area is 60.4 Å². The van der Waals surface area contributed by atoms with Crippen LogP contribution < -0.4 is 0 Å². The molecule has 0 aromatic carbocycles. The van der Waals surface area contributed by atoms with Crippen LogP contribution in [-0.4, -0.2) is 34.4 Å². The van der Waals surface area contributed by atoms with Crippen molar-refractivity contribution >= 4 is 5.78 Å². The van der Waals surface area contributed by atoms with E-state index in [2.05, 4.69) is 0 Å². The maximum absolute atomic E-state index is 11.5. The van der Waals surface area contributed by atoms with Gasteiger partial charge in [0.15, 0.2) is 11.9 Å². The number of hydrogen-bond donors (Lipinski definition) is 2. The van der Waals surface area contributed by atoms with Crippen LogP contribution in [0.2, 0.25) is 0 Å². The van der Waals surface area contributed by atoms with Gasteiger partial charge >= 0.3 is 6.18 Å². The summed E-state index contributed by atoms with van der Waals surface area (Å²) in [5.74, 6) is -1.12. The number of hydrogen-bond acceptors (Lipinski definition) is 3. The third-order valence-corrected chi connectivity index (χ3v) is 1.05. The van der Waals surface area contributed by atoms with Gasteiger partial charge in [0.2, 0.25) is 0 Å². The standard InChI is InChI=1S/C5H7F3O3/c1-2(9)3(10)4(11)5(6,7)8/h3-4,10-11H,1H3. The van der Waals surface area contributed by atoms with Gasteiger partial charge in [0.05, 0.1) is 0 Å². The van der Waals surface area contributed by atoms with Crippen LogP contribution >= 0.6 is 0 Å². The number of Topliss-reactive ketones (excluding diaryl/α,β-unsaturated/α-hetero) is 1. The van der Waals surface area contributed by atoms with Crippen LogP contribution in [0.5, 0.6) is 0 Å². The molecule has 0 heterocycles. The van der Waals surface area contributed by atoms with Gasteiger partial charge in [-0.25, -0.2) is 0 Å². The molecule has 11 heavy (non-hydrogen) atoms. The number of rotatable bonds is 2. The number of aliphatic hydroxyl groups is 2. The first kappa shape index (κ1) is 10.4. The molecule has 3 nitrogen and oxygen atoms in total. The Hall–Kier alpha value is -0.620. The first-order chi connectivity index (χ1) is 4.76. The highest BCUT2D eigenvalue weighted by Gasteiger charge is 2.44. The summed E-state index contributed by atoms with van der Waals surface area (Å²) in [6.07, 6.45) is -10.3. The van der Waals surface area contributed by atoms with Gasteiger partial charge < -0.3 is 10.2 Å². The molecule has 0 radical (unpaired) electrons. The van der Waals surface area contributed by atoms with Gasteiger partial charge in [-0.05, 0) is 6.92 Å². The molecule has 0 saturated carbocycles. The molecule has 0 spiro atoms. The van der Waals surface area contributed by atoms with Gasteiger partial charge in [-0.3, -0.25) is 4.79 Å². The average molecular weight is 172 g/mol. The predicted molar refractivity (Wildman–Crippen MR) is 28.7 cm³/mol. The molecule has 0 amide bonds. The summed E-state index contributed by atoms with van der Waals surface area (Å²) < 4.78 is 34.5. The molecule has 2 unspecified atom stereocenters. The molecule has 0 rings (SSSR count). The first-order valence-electron chi connectivity index (χ1n) is 2.70. The van der Waals surface area contributed by atoms with E-state index in [1.54, 1.807) is 0 Å². The number of alkyl halides is 3. The van der Waals surface area contributed by atoms with E-state index in [1.165, 1.54) is 0 Å². The summed E-state index contributed by atoms with van der Waals surface area (Å²) in [6.45, 7) is 0.764. The van der Waals surface area contributed by atoms with Crippen molar-refractivity contribution in [3.8, 4) is 0 Å². The number of ketones is 1. The molecule has 0 aromatic rings. The third kappa shape index (κ3) is 2.85. The largest absolute Gasteiger partial charge is 0.417 e. The summed E-state index contributed by atoms with van der Waals surface area (Å²) >= 11 is 0. The number of aliphatic hydroxyl groups excluding tert-OH is 2. The van der Waals surface area contributed by atoms with E-state index in [0.717, 1.165) is 6.92 Å². The van der Waals surface area contributed by atoms with E-state index in [4.69, 9.17) is 10.2 Å². The highest BCUT2D eigenvalue weighted by atomic mass is 19.4. The first-order valence-corrected chi connectivity index (χ1v) is 2.70. The van der Waals surface area contributed by atoms with Crippen LogP contribution in [0.4, 0.5) is 13.2 Å². The maximum Gasteiger partial charge on any atom is 0.417 e. The van der Waals surface area contributed by atoms with Crippen molar-refractivity contribution in [1.29, 1.82) is 0 Å². The van der Waals surface area contributed by atoms with Crippen molar-refractivity contribution in [1.82, 2.24) is 0 Å². The maximum atomic E-state index is 11.5. The molecule has 0 aliphatic rings. The highest BCUT2D eigenvalue weighted by molar-refractivity contribution is 5.80. The SMILES string of the molecule is CC(=O)C(O)C(O)C(F)(F)F. The quantitative estimate of drug-likeness (QED) is 0.609. The summed E-state index contributed by atoms with van der Waals surface area (Å²) in [5.41, 5.74) is 0. The molecule has 6 heteroatoms. The van der Waals surface area contributed by atoms with Crippen molar-refractivity contribution in [3.63, 3.8) is 0 Å². The molecule has 0 bridgehead atoms. The van der Waals surface area contributed by atoms with E-state index < -0.39 is 24.2 Å². The third-order valence-electron chi connectivity index (χ3n) is 1.05. The number of carbonyl (C=O) groups is 1. The summed E-state index contributed by atoms with van der Waals surface area (Å²) in [7, 11) is 0. The van der Waals surface area contributed by atoms with Crippen molar-refractivity contribution in [3.05, 3.63) is 0 Å². The summed E-state index contributed by atoms with van der Waals surface area (Å²) in [5, 5.41) is 16.6. The van der Waals surface area contributed by atoms with Crippen LogP contribution in [-0.2, 0) is 4.79 Å². The minimum Gasteiger partial charge on any atom is -0.382 e. The second-order valence-electron chi connectivity index (χ2n) is 2.04. The Kier molecular flexibility index (Phi) is 3.01. The van der Waals surface area contributed by atoms with Crippen molar-refractivity contribution in [2.45, 2.75) is 25.3 Å². The van der Waals surface area contributed by atoms with Crippen molar-refractivity contribution < 1.29 is 28.2 Å². The van der Waals surface area contributed by atoms with Crippen LogP contribution in [0.3, 0.4) is 0 Å². The van der Waals surface area contributed by atoms with E-state index in [1.807, 2.05) is 0 Å². The zero-order valence-corrected chi connectivity index (χ0v) is 5.59. The van der Waals surface area contributed by atoms with Crippen molar-refractivity contribution in [2.75, 3.05) is 0 Å². The molecule has 2 atom stereocenters. The molecule has 0 aromatic heterocycles. The van der Waals surface area contributed by atoms with Crippen molar-refractivity contribution in [2.24, 2.45) is 0 Å². The smallest absolute Gasteiger partial charge is 0.382 e. The monoisotopic (exact) mass is 172 g/mol. The minimum absolute atomic E-state index is 0.764. The van der Waals surface area contributed by atoms with Crippen LogP contribution in [0.25, 0.3) is 0 Å². The Morgan fingerprint density at radius 1 is 1.36 bits per heavy atom. The fourth-order valence-electron chi connectivity index (χ4n) is 0.401. The Morgan fingerprint density at radius 2 is 1.73 bits per heavy atom. The molecule has 0 saturated heterocycles. The van der Waals surface area contributed by atoms with E-state index >= 15 is 0 Å². The highest BCUT2D eigenvalue weighted by Crippen LogP contribution is 2.22. The molecule has 0 fully saturated rings. The fourth-order valence-corrected chi connectivity index (χ4v) is 0.401. The van der Waals surface area contributed by atoms with Gasteiger partial charge in [-0.2, -0.15) is 13.2 Å². The predicted octanol–water partition coefficient (Wildman–Crippen LogP) is -0.140. The zero-order chi connectivity index (χ0) is 9.23. The number of carbonyl (C=O) groups excluding carboxylic acids is 1. The molecule has 0 aliphatic heterocycles. The van der Waals surface area contributed by atoms with Gasteiger partial charge in [0.1, 0.15) is 6.10 Å². The topological polar surface area (TPSA) is 57.5 Å². The second-order valence-corrected chi connectivity index (χ2v) is 2.04. The molecule has 0 aliphatic carbocycles. The lowest BCUT2D eigenvalue weighted by molar-refractivity contribution is -0.228. The van der Waals surface area contributed by atoms with E-state index in [0.29, 0.717) is 0 Å².